The Hall–Kier alpha value is -1.01. The van der Waals surface area contributed by atoms with Crippen molar-refractivity contribution in [1.82, 2.24) is 4.90 Å². The van der Waals surface area contributed by atoms with Gasteiger partial charge in [-0.1, -0.05) is 22.0 Å². The lowest BCUT2D eigenvalue weighted by molar-refractivity contribution is -0.0960. The summed E-state index contributed by atoms with van der Waals surface area (Å²) in [7, 11) is 0. The molecule has 0 radical (unpaired) electrons. The lowest BCUT2D eigenvalue weighted by atomic mass is 10.1. The van der Waals surface area contributed by atoms with Crippen LogP contribution in [0.1, 0.15) is 12.0 Å². The minimum absolute atomic E-state index is 0.0451. The molecule has 0 atom stereocenters. The zero-order valence-electron chi connectivity index (χ0n) is 10.2. The molecule has 1 aliphatic heterocycles. The summed E-state index contributed by atoms with van der Waals surface area (Å²) in [5.74, 6) is 0. The standard InChI is InChI=1S/C13H14BrF3N2/c14-12-2-1-11(18)7-9(12)8-19-5-3-10(4-6-19)13(15,16)17/h1-3,7H,4-6,8,18H2. The molecule has 0 bridgehead atoms. The molecular formula is C13H14BrF3N2. The maximum atomic E-state index is 12.5. The Morgan fingerprint density at radius 1 is 1.32 bits per heavy atom. The number of halogens is 4. The molecular weight excluding hydrogens is 321 g/mol. The van der Waals surface area contributed by atoms with E-state index in [0.717, 1.165) is 10.0 Å². The first kappa shape index (κ1) is 14.4. The topological polar surface area (TPSA) is 29.3 Å². The first-order valence-electron chi connectivity index (χ1n) is 5.89. The molecule has 0 saturated carbocycles. The molecule has 6 heteroatoms. The number of nitrogens with two attached hydrogens (primary N) is 1. The highest BCUT2D eigenvalue weighted by Crippen LogP contribution is 2.31. The minimum atomic E-state index is -4.19. The van der Waals surface area contributed by atoms with Gasteiger partial charge in [-0.3, -0.25) is 4.90 Å². The van der Waals surface area contributed by atoms with Crippen molar-refractivity contribution < 1.29 is 13.2 Å². The number of benzene rings is 1. The lowest BCUT2D eigenvalue weighted by Gasteiger charge is -2.27. The predicted molar refractivity (Wildman–Crippen MR) is 72.6 cm³/mol. The van der Waals surface area contributed by atoms with Gasteiger partial charge in [-0.15, -0.1) is 0 Å². The van der Waals surface area contributed by atoms with Crippen LogP contribution in [0.5, 0.6) is 0 Å². The number of anilines is 1. The maximum Gasteiger partial charge on any atom is 0.412 e. The van der Waals surface area contributed by atoms with E-state index >= 15 is 0 Å². The van der Waals surface area contributed by atoms with Crippen molar-refractivity contribution in [2.75, 3.05) is 18.8 Å². The van der Waals surface area contributed by atoms with E-state index in [0.29, 0.717) is 25.3 Å². The number of alkyl halides is 3. The first-order chi connectivity index (χ1) is 8.86. The molecule has 0 fully saturated rings. The SMILES string of the molecule is Nc1ccc(Br)c(CN2CC=C(C(F)(F)F)CC2)c1. The normalized spacial score (nSPS) is 17.4. The number of rotatable bonds is 2. The van der Waals surface area contributed by atoms with Crippen LogP contribution in [0.4, 0.5) is 18.9 Å². The quantitative estimate of drug-likeness (QED) is 0.659. The van der Waals surface area contributed by atoms with Gasteiger partial charge in [0.25, 0.3) is 0 Å². The zero-order valence-corrected chi connectivity index (χ0v) is 11.8. The molecule has 2 N–H and O–H groups in total. The van der Waals surface area contributed by atoms with Crippen LogP contribution in [0.3, 0.4) is 0 Å². The van der Waals surface area contributed by atoms with E-state index in [2.05, 4.69) is 15.9 Å². The highest BCUT2D eigenvalue weighted by molar-refractivity contribution is 9.10. The summed E-state index contributed by atoms with van der Waals surface area (Å²) in [6.07, 6.45) is -2.88. The Morgan fingerprint density at radius 3 is 2.63 bits per heavy atom. The Bertz CT molecular complexity index is 497. The molecule has 1 heterocycles. The molecule has 1 aromatic rings. The van der Waals surface area contributed by atoms with Gasteiger partial charge in [-0.05, 0) is 30.2 Å². The lowest BCUT2D eigenvalue weighted by Crippen LogP contribution is -2.31. The van der Waals surface area contributed by atoms with E-state index in [9.17, 15) is 13.2 Å². The van der Waals surface area contributed by atoms with Crippen molar-refractivity contribution in [2.45, 2.75) is 19.1 Å². The van der Waals surface area contributed by atoms with Crippen molar-refractivity contribution in [3.8, 4) is 0 Å². The molecule has 0 spiro atoms. The first-order valence-corrected chi connectivity index (χ1v) is 6.68. The molecule has 1 aliphatic rings. The van der Waals surface area contributed by atoms with Crippen LogP contribution in [-0.2, 0) is 6.54 Å². The highest BCUT2D eigenvalue weighted by Gasteiger charge is 2.34. The molecule has 0 saturated heterocycles. The molecule has 0 unspecified atom stereocenters. The molecule has 1 aromatic carbocycles. The number of hydrogen-bond donors (Lipinski definition) is 1. The van der Waals surface area contributed by atoms with E-state index in [4.69, 9.17) is 5.73 Å². The number of hydrogen-bond acceptors (Lipinski definition) is 2. The van der Waals surface area contributed by atoms with Gasteiger partial charge in [0.2, 0.25) is 0 Å². The van der Waals surface area contributed by atoms with Gasteiger partial charge >= 0.3 is 6.18 Å². The van der Waals surface area contributed by atoms with Gasteiger partial charge in [0.1, 0.15) is 0 Å². The third-order valence-electron chi connectivity index (χ3n) is 3.12. The Morgan fingerprint density at radius 2 is 2.05 bits per heavy atom. The molecule has 0 amide bonds. The summed E-state index contributed by atoms with van der Waals surface area (Å²) in [5, 5.41) is 0. The average molecular weight is 335 g/mol. The highest BCUT2D eigenvalue weighted by atomic mass is 79.9. The van der Waals surface area contributed by atoms with Crippen LogP contribution in [0.2, 0.25) is 0 Å². The number of nitrogen functional groups attached to an aromatic ring is 1. The smallest absolute Gasteiger partial charge is 0.399 e. The molecule has 104 valence electrons. The van der Waals surface area contributed by atoms with Crippen molar-refractivity contribution in [3.63, 3.8) is 0 Å². The van der Waals surface area contributed by atoms with Gasteiger partial charge in [0.15, 0.2) is 0 Å². The van der Waals surface area contributed by atoms with Crippen molar-refractivity contribution in [1.29, 1.82) is 0 Å². The monoisotopic (exact) mass is 334 g/mol. The van der Waals surface area contributed by atoms with Crippen LogP contribution in [0, 0.1) is 0 Å². The van der Waals surface area contributed by atoms with Crippen LogP contribution in [0.25, 0.3) is 0 Å². The van der Waals surface area contributed by atoms with Crippen molar-refractivity contribution in [3.05, 3.63) is 39.9 Å². The molecule has 0 aromatic heterocycles. The van der Waals surface area contributed by atoms with E-state index in [1.807, 2.05) is 17.0 Å². The fourth-order valence-corrected chi connectivity index (χ4v) is 2.44. The van der Waals surface area contributed by atoms with Gasteiger partial charge < -0.3 is 5.73 Å². The second kappa shape index (κ2) is 5.54. The van der Waals surface area contributed by atoms with Crippen LogP contribution in [-0.4, -0.2) is 24.2 Å². The van der Waals surface area contributed by atoms with Crippen LogP contribution in [0.15, 0.2) is 34.3 Å². The largest absolute Gasteiger partial charge is 0.412 e. The summed E-state index contributed by atoms with van der Waals surface area (Å²) < 4.78 is 38.4. The number of nitrogens with zero attached hydrogens (tertiary/aromatic N) is 1. The van der Waals surface area contributed by atoms with E-state index < -0.39 is 11.7 Å². The Balaban J connectivity index is 2.03. The minimum Gasteiger partial charge on any atom is -0.399 e. The van der Waals surface area contributed by atoms with Gasteiger partial charge in [-0.2, -0.15) is 13.2 Å². The summed E-state index contributed by atoms with van der Waals surface area (Å²) in [6.45, 7) is 1.32. The van der Waals surface area contributed by atoms with Crippen molar-refractivity contribution >= 4 is 21.6 Å². The maximum absolute atomic E-state index is 12.5. The van der Waals surface area contributed by atoms with Crippen LogP contribution < -0.4 is 5.73 Å². The Kier molecular flexibility index (Phi) is 4.20. The second-order valence-corrected chi connectivity index (χ2v) is 5.42. The van der Waals surface area contributed by atoms with Gasteiger partial charge in [0.05, 0.1) is 0 Å². The third-order valence-corrected chi connectivity index (χ3v) is 3.89. The van der Waals surface area contributed by atoms with Crippen molar-refractivity contribution in [2.24, 2.45) is 0 Å². The fraction of sp³-hybridized carbons (Fsp3) is 0.385. The van der Waals surface area contributed by atoms with E-state index in [1.165, 1.54) is 6.08 Å². The molecule has 2 rings (SSSR count). The average Bonchev–Trinajstić information content (AvgIpc) is 2.33. The summed E-state index contributed by atoms with van der Waals surface area (Å²) >= 11 is 3.42. The van der Waals surface area contributed by atoms with E-state index in [-0.39, 0.29) is 6.42 Å². The van der Waals surface area contributed by atoms with E-state index in [1.54, 1.807) is 6.07 Å². The second-order valence-electron chi connectivity index (χ2n) is 4.56. The van der Waals surface area contributed by atoms with Gasteiger partial charge in [0, 0.05) is 35.4 Å². The van der Waals surface area contributed by atoms with Gasteiger partial charge in [-0.25, -0.2) is 0 Å². The summed E-state index contributed by atoms with van der Waals surface area (Å²) in [4.78, 5) is 1.97. The third kappa shape index (κ3) is 3.73. The predicted octanol–water partition coefficient (Wildman–Crippen LogP) is 3.73. The summed E-state index contributed by atoms with van der Waals surface area (Å²) in [6, 6.07) is 5.48. The Labute approximate surface area is 118 Å². The fourth-order valence-electron chi connectivity index (χ4n) is 2.07. The zero-order chi connectivity index (χ0) is 14.0. The van der Waals surface area contributed by atoms with Crippen LogP contribution >= 0.6 is 15.9 Å². The molecule has 2 nitrogen and oxygen atoms in total. The summed E-state index contributed by atoms with van der Waals surface area (Å²) in [5.41, 5.74) is 6.93. The molecule has 19 heavy (non-hydrogen) atoms. The molecule has 0 aliphatic carbocycles.